The monoisotopic (exact) mass is 268 g/mol. The van der Waals surface area contributed by atoms with Crippen LogP contribution in [-0.4, -0.2) is 26.4 Å². The van der Waals surface area contributed by atoms with Gasteiger partial charge in [-0.25, -0.2) is 14.6 Å². The Morgan fingerprint density at radius 3 is 2.80 bits per heavy atom. The largest absolute Gasteiger partial charge is 0.477 e. The first kappa shape index (κ1) is 12.6. The van der Waals surface area contributed by atoms with Crippen molar-refractivity contribution < 1.29 is 4.74 Å². The van der Waals surface area contributed by atoms with E-state index in [0.717, 1.165) is 29.7 Å². The fraction of sp³-hybridized carbons (Fsp3) is 0.267. The number of fused-ring (bicyclic) bond motifs is 1. The van der Waals surface area contributed by atoms with E-state index in [-0.39, 0.29) is 0 Å². The van der Waals surface area contributed by atoms with Crippen LogP contribution in [0.5, 0.6) is 5.88 Å². The third-order valence-corrected chi connectivity index (χ3v) is 3.00. The molecule has 5 nitrogen and oxygen atoms in total. The van der Waals surface area contributed by atoms with Crippen LogP contribution in [0.3, 0.4) is 0 Å². The summed E-state index contributed by atoms with van der Waals surface area (Å²) < 4.78 is 7.33. The Morgan fingerprint density at radius 1 is 1.15 bits per heavy atom. The number of ether oxygens (including phenoxy) is 1. The molecule has 0 spiro atoms. The van der Waals surface area contributed by atoms with E-state index in [9.17, 15) is 0 Å². The summed E-state index contributed by atoms with van der Waals surface area (Å²) in [5.41, 5.74) is 2.44. The molecule has 2 aromatic heterocycles. The highest BCUT2D eigenvalue weighted by molar-refractivity contribution is 5.71. The van der Waals surface area contributed by atoms with Crippen molar-refractivity contribution in [1.82, 2.24) is 19.7 Å². The fourth-order valence-electron chi connectivity index (χ4n) is 1.95. The third kappa shape index (κ3) is 2.47. The molecule has 20 heavy (non-hydrogen) atoms. The van der Waals surface area contributed by atoms with Crippen LogP contribution < -0.4 is 4.74 Å². The molecule has 0 saturated heterocycles. The highest BCUT2D eigenvalue weighted by Gasteiger charge is 2.08. The van der Waals surface area contributed by atoms with Crippen LogP contribution in [0.4, 0.5) is 0 Å². The van der Waals surface area contributed by atoms with Gasteiger partial charge in [-0.05, 0) is 18.6 Å². The van der Waals surface area contributed by atoms with E-state index in [2.05, 4.69) is 22.0 Å². The predicted octanol–water partition coefficient (Wildman–Crippen LogP) is 2.99. The molecule has 0 saturated carbocycles. The van der Waals surface area contributed by atoms with E-state index >= 15 is 0 Å². The van der Waals surface area contributed by atoms with Crippen LogP contribution in [-0.2, 0) is 0 Å². The van der Waals surface area contributed by atoms with Crippen molar-refractivity contribution in [1.29, 1.82) is 0 Å². The van der Waals surface area contributed by atoms with E-state index in [1.807, 2.05) is 30.3 Å². The normalized spacial score (nSPS) is 10.8. The minimum Gasteiger partial charge on any atom is -0.477 e. The van der Waals surface area contributed by atoms with Gasteiger partial charge in [-0.15, -0.1) is 0 Å². The molecule has 1 aromatic carbocycles. The van der Waals surface area contributed by atoms with E-state index in [4.69, 9.17) is 4.74 Å². The average Bonchev–Trinajstić information content (AvgIpc) is 2.91. The molecule has 0 fully saturated rings. The maximum Gasteiger partial charge on any atom is 0.233 e. The standard InChI is InChI=1S/C15H16N4O/c1-2-3-9-20-14-11-16-15-13(18-14)10-17-19(15)12-7-5-4-6-8-12/h4-8,10-11H,2-3,9H2,1H3. The number of unbranched alkanes of at least 4 members (excludes halogenated alkanes) is 1. The van der Waals surface area contributed by atoms with Crippen LogP contribution in [0.2, 0.25) is 0 Å². The van der Waals surface area contributed by atoms with Crippen molar-refractivity contribution in [3.8, 4) is 11.6 Å². The Hall–Kier alpha value is -2.43. The zero-order chi connectivity index (χ0) is 13.8. The summed E-state index contributed by atoms with van der Waals surface area (Å²) in [6.07, 6.45) is 5.48. The molecule has 0 atom stereocenters. The van der Waals surface area contributed by atoms with Crippen molar-refractivity contribution in [3.63, 3.8) is 0 Å². The summed E-state index contributed by atoms with van der Waals surface area (Å²) in [5, 5.41) is 4.34. The Bertz CT molecular complexity index is 693. The summed E-state index contributed by atoms with van der Waals surface area (Å²) in [4.78, 5) is 8.83. The molecule has 102 valence electrons. The molecular weight excluding hydrogens is 252 g/mol. The number of rotatable bonds is 5. The second-order valence-electron chi connectivity index (χ2n) is 4.51. The van der Waals surface area contributed by atoms with Gasteiger partial charge in [-0.3, -0.25) is 0 Å². The van der Waals surface area contributed by atoms with E-state index in [0.29, 0.717) is 12.5 Å². The molecule has 3 aromatic rings. The van der Waals surface area contributed by atoms with Crippen LogP contribution in [0.15, 0.2) is 42.7 Å². The molecule has 0 aliphatic heterocycles. The Kier molecular flexibility index (Phi) is 3.58. The molecule has 0 aliphatic carbocycles. The van der Waals surface area contributed by atoms with Gasteiger partial charge in [0, 0.05) is 0 Å². The molecule has 0 unspecified atom stereocenters. The van der Waals surface area contributed by atoms with Gasteiger partial charge in [-0.1, -0.05) is 31.5 Å². The average molecular weight is 268 g/mol. The Morgan fingerprint density at radius 2 is 2.00 bits per heavy atom. The minimum atomic E-state index is 0.554. The van der Waals surface area contributed by atoms with Gasteiger partial charge < -0.3 is 4.74 Å². The lowest BCUT2D eigenvalue weighted by Gasteiger charge is -2.04. The number of benzene rings is 1. The lowest BCUT2D eigenvalue weighted by Crippen LogP contribution is -2.00. The number of para-hydroxylation sites is 1. The Balaban J connectivity index is 1.91. The van der Waals surface area contributed by atoms with E-state index in [1.54, 1.807) is 17.1 Å². The van der Waals surface area contributed by atoms with E-state index in [1.165, 1.54) is 0 Å². The summed E-state index contributed by atoms with van der Waals surface area (Å²) >= 11 is 0. The maximum atomic E-state index is 5.56. The molecule has 0 radical (unpaired) electrons. The van der Waals surface area contributed by atoms with Gasteiger partial charge in [0.1, 0.15) is 5.52 Å². The highest BCUT2D eigenvalue weighted by atomic mass is 16.5. The zero-order valence-electron chi connectivity index (χ0n) is 11.4. The second-order valence-corrected chi connectivity index (χ2v) is 4.51. The van der Waals surface area contributed by atoms with Gasteiger partial charge in [0.05, 0.1) is 24.7 Å². The first-order chi connectivity index (χ1) is 9.88. The maximum absolute atomic E-state index is 5.56. The van der Waals surface area contributed by atoms with Gasteiger partial charge in [0.2, 0.25) is 5.88 Å². The van der Waals surface area contributed by atoms with Crippen LogP contribution in [0.25, 0.3) is 16.9 Å². The Labute approximate surface area is 117 Å². The predicted molar refractivity (Wildman–Crippen MR) is 77.1 cm³/mol. The lowest BCUT2D eigenvalue weighted by molar-refractivity contribution is 0.297. The molecule has 5 heteroatoms. The molecule has 0 N–H and O–H groups in total. The molecule has 0 amide bonds. The molecular formula is C15H16N4O. The molecule has 2 heterocycles. The summed E-state index contributed by atoms with van der Waals surface area (Å²) in [6, 6.07) is 9.89. The van der Waals surface area contributed by atoms with Crippen LogP contribution in [0, 0.1) is 0 Å². The minimum absolute atomic E-state index is 0.554. The fourth-order valence-corrected chi connectivity index (χ4v) is 1.95. The van der Waals surface area contributed by atoms with Crippen molar-refractivity contribution in [2.24, 2.45) is 0 Å². The summed E-state index contributed by atoms with van der Waals surface area (Å²) in [5.74, 6) is 0.554. The second kappa shape index (κ2) is 5.69. The topological polar surface area (TPSA) is 52.8 Å². The van der Waals surface area contributed by atoms with Crippen molar-refractivity contribution in [2.45, 2.75) is 19.8 Å². The van der Waals surface area contributed by atoms with Gasteiger partial charge in [0.25, 0.3) is 0 Å². The third-order valence-electron chi connectivity index (χ3n) is 3.00. The number of hydrogen-bond donors (Lipinski definition) is 0. The summed E-state index contributed by atoms with van der Waals surface area (Å²) in [6.45, 7) is 2.80. The van der Waals surface area contributed by atoms with Gasteiger partial charge in [-0.2, -0.15) is 5.10 Å². The molecule has 0 aliphatic rings. The van der Waals surface area contributed by atoms with Gasteiger partial charge >= 0.3 is 0 Å². The molecule has 3 rings (SSSR count). The van der Waals surface area contributed by atoms with Crippen LogP contribution in [0.1, 0.15) is 19.8 Å². The lowest BCUT2D eigenvalue weighted by atomic mass is 10.3. The number of nitrogens with zero attached hydrogens (tertiary/aromatic N) is 4. The van der Waals surface area contributed by atoms with Crippen molar-refractivity contribution in [3.05, 3.63) is 42.7 Å². The smallest absolute Gasteiger partial charge is 0.233 e. The van der Waals surface area contributed by atoms with E-state index < -0.39 is 0 Å². The van der Waals surface area contributed by atoms with Crippen molar-refractivity contribution in [2.75, 3.05) is 6.61 Å². The molecule has 0 bridgehead atoms. The number of hydrogen-bond acceptors (Lipinski definition) is 4. The van der Waals surface area contributed by atoms with Crippen molar-refractivity contribution >= 4 is 11.2 Å². The quantitative estimate of drug-likeness (QED) is 0.667. The zero-order valence-corrected chi connectivity index (χ0v) is 11.4. The summed E-state index contributed by atoms with van der Waals surface area (Å²) in [7, 11) is 0. The highest BCUT2D eigenvalue weighted by Crippen LogP contribution is 2.17. The van der Waals surface area contributed by atoms with Crippen LogP contribution >= 0.6 is 0 Å². The first-order valence-electron chi connectivity index (χ1n) is 6.77. The first-order valence-corrected chi connectivity index (χ1v) is 6.77. The number of aromatic nitrogens is 4. The SMILES string of the molecule is CCCCOc1cnc2c(cnn2-c2ccccc2)n1. The van der Waals surface area contributed by atoms with Gasteiger partial charge in [0.15, 0.2) is 5.65 Å².